The fraction of sp³-hybridized carbons (Fsp3) is 0.429. The molecule has 0 aliphatic rings. The Balaban J connectivity index is 2.66. The van der Waals surface area contributed by atoms with Crippen LogP contribution in [0.4, 0.5) is 0 Å². The third kappa shape index (κ3) is 2.35. The van der Waals surface area contributed by atoms with Crippen LogP contribution in [0.25, 0.3) is 0 Å². The molecule has 1 aromatic heterocycles. The first kappa shape index (κ1) is 9.28. The lowest BCUT2D eigenvalue weighted by Gasteiger charge is -2.11. The van der Waals surface area contributed by atoms with Gasteiger partial charge in [0, 0.05) is 7.05 Å². The van der Waals surface area contributed by atoms with E-state index in [0.29, 0.717) is 5.76 Å². The highest BCUT2D eigenvalue weighted by molar-refractivity contribution is 7.88. The molecule has 12 heavy (non-hydrogen) atoms. The molecule has 0 aliphatic heterocycles. The summed E-state index contributed by atoms with van der Waals surface area (Å²) in [6, 6.07) is 3.47. The Morgan fingerprint density at radius 3 is 2.67 bits per heavy atom. The predicted octanol–water partition coefficient (Wildman–Crippen LogP) is 0.671. The van der Waals surface area contributed by atoms with Gasteiger partial charge in [0.25, 0.3) is 0 Å². The lowest BCUT2D eigenvalue weighted by Crippen LogP contribution is -2.24. The Labute approximate surface area is 71.8 Å². The maximum absolute atomic E-state index is 10.9. The molecular formula is C7H11NO3S. The van der Waals surface area contributed by atoms with Crippen LogP contribution in [0.5, 0.6) is 0 Å². The molecule has 0 atom stereocenters. The fourth-order valence-electron chi connectivity index (χ4n) is 0.739. The zero-order valence-electron chi connectivity index (χ0n) is 7.02. The average molecular weight is 189 g/mol. The van der Waals surface area contributed by atoms with Gasteiger partial charge in [0.05, 0.1) is 19.1 Å². The molecule has 0 saturated carbocycles. The van der Waals surface area contributed by atoms with Gasteiger partial charge in [0.15, 0.2) is 0 Å². The molecule has 0 aromatic carbocycles. The highest BCUT2D eigenvalue weighted by Gasteiger charge is 2.11. The highest BCUT2D eigenvalue weighted by Crippen LogP contribution is 2.05. The summed E-state index contributed by atoms with van der Waals surface area (Å²) < 4.78 is 28.1. The quantitative estimate of drug-likeness (QED) is 0.702. The third-order valence-electron chi connectivity index (χ3n) is 1.52. The second kappa shape index (κ2) is 3.28. The van der Waals surface area contributed by atoms with Crippen molar-refractivity contribution >= 4 is 10.0 Å². The molecule has 0 saturated heterocycles. The van der Waals surface area contributed by atoms with Crippen molar-refractivity contribution in [1.29, 1.82) is 0 Å². The zero-order chi connectivity index (χ0) is 9.19. The highest BCUT2D eigenvalue weighted by atomic mass is 32.2. The maximum Gasteiger partial charge on any atom is 0.211 e. The van der Waals surface area contributed by atoms with E-state index in [1.165, 1.54) is 17.6 Å². The van der Waals surface area contributed by atoms with Gasteiger partial charge in [-0.25, -0.2) is 8.42 Å². The van der Waals surface area contributed by atoms with E-state index in [2.05, 4.69) is 0 Å². The topological polar surface area (TPSA) is 50.5 Å². The molecule has 1 heterocycles. The van der Waals surface area contributed by atoms with Crippen LogP contribution in [0, 0.1) is 0 Å². The summed E-state index contributed by atoms with van der Waals surface area (Å²) >= 11 is 0. The van der Waals surface area contributed by atoms with E-state index in [-0.39, 0.29) is 6.54 Å². The van der Waals surface area contributed by atoms with Crippen molar-refractivity contribution in [2.24, 2.45) is 0 Å². The molecule has 0 fully saturated rings. The van der Waals surface area contributed by atoms with Gasteiger partial charge in [-0.15, -0.1) is 0 Å². The normalized spacial score (nSPS) is 12.2. The smallest absolute Gasteiger partial charge is 0.211 e. The summed E-state index contributed by atoms with van der Waals surface area (Å²) in [5, 5.41) is 0. The number of rotatable bonds is 3. The van der Waals surface area contributed by atoms with Crippen LogP contribution >= 0.6 is 0 Å². The fourth-order valence-corrected chi connectivity index (χ4v) is 1.10. The van der Waals surface area contributed by atoms with Crippen molar-refractivity contribution in [1.82, 2.24) is 4.31 Å². The molecule has 1 rings (SSSR count). The molecule has 0 amide bonds. The number of furan rings is 1. The molecule has 68 valence electrons. The monoisotopic (exact) mass is 189 g/mol. The Morgan fingerprint density at radius 2 is 2.25 bits per heavy atom. The van der Waals surface area contributed by atoms with Gasteiger partial charge in [0.2, 0.25) is 10.0 Å². The van der Waals surface area contributed by atoms with Crippen LogP contribution in [0.15, 0.2) is 22.8 Å². The Morgan fingerprint density at radius 1 is 1.58 bits per heavy atom. The van der Waals surface area contributed by atoms with Crippen molar-refractivity contribution in [3.63, 3.8) is 0 Å². The van der Waals surface area contributed by atoms with Gasteiger partial charge in [0.1, 0.15) is 5.76 Å². The van der Waals surface area contributed by atoms with E-state index in [1.54, 1.807) is 12.1 Å². The van der Waals surface area contributed by atoms with E-state index in [4.69, 9.17) is 4.42 Å². The first-order valence-electron chi connectivity index (χ1n) is 3.44. The molecule has 0 N–H and O–H groups in total. The molecule has 5 heteroatoms. The third-order valence-corrected chi connectivity index (χ3v) is 2.79. The number of sulfonamides is 1. The van der Waals surface area contributed by atoms with Crippen molar-refractivity contribution < 1.29 is 12.8 Å². The molecule has 0 aliphatic carbocycles. The van der Waals surface area contributed by atoms with Crippen molar-refractivity contribution in [2.45, 2.75) is 6.54 Å². The molecule has 0 radical (unpaired) electrons. The average Bonchev–Trinajstić information content (AvgIpc) is 2.37. The summed E-state index contributed by atoms with van der Waals surface area (Å²) in [7, 11) is -1.59. The van der Waals surface area contributed by atoms with E-state index in [9.17, 15) is 8.42 Å². The van der Waals surface area contributed by atoms with Gasteiger partial charge < -0.3 is 4.42 Å². The second-order valence-electron chi connectivity index (χ2n) is 2.60. The molecule has 1 aromatic rings. The minimum Gasteiger partial charge on any atom is -0.468 e. The van der Waals surface area contributed by atoms with E-state index in [0.717, 1.165) is 6.26 Å². The Kier molecular flexibility index (Phi) is 2.54. The van der Waals surface area contributed by atoms with Gasteiger partial charge in [-0.05, 0) is 12.1 Å². The van der Waals surface area contributed by atoms with Gasteiger partial charge >= 0.3 is 0 Å². The first-order valence-corrected chi connectivity index (χ1v) is 5.28. The number of hydrogen-bond donors (Lipinski definition) is 0. The molecule has 0 unspecified atom stereocenters. The number of hydrogen-bond acceptors (Lipinski definition) is 3. The second-order valence-corrected chi connectivity index (χ2v) is 4.69. The Hall–Kier alpha value is -0.810. The summed E-state index contributed by atoms with van der Waals surface area (Å²) in [5.41, 5.74) is 0. The van der Waals surface area contributed by atoms with Crippen LogP contribution in [0.3, 0.4) is 0 Å². The lowest BCUT2D eigenvalue weighted by molar-refractivity contribution is 0.409. The minimum atomic E-state index is -3.11. The summed E-state index contributed by atoms with van der Waals surface area (Å²) in [6.07, 6.45) is 2.68. The van der Waals surface area contributed by atoms with E-state index in [1.807, 2.05) is 0 Å². The van der Waals surface area contributed by atoms with Crippen molar-refractivity contribution in [2.75, 3.05) is 13.3 Å². The van der Waals surface area contributed by atoms with Crippen molar-refractivity contribution in [3.05, 3.63) is 24.2 Å². The standard InChI is InChI=1S/C7H11NO3S/c1-8(12(2,9)10)6-7-4-3-5-11-7/h3-5H,6H2,1-2H3. The van der Waals surface area contributed by atoms with Crippen LogP contribution in [0.1, 0.15) is 5.76 Å². The van der Waals surface area contributed by atoms with Crippen LogP contribution in [-0.2, 0) is 16.6 Å². The van der Waals surface area contributed by atoms with Crippen LogP contribution in [0.2, 0.25) is 0 Å². The zero-order valence-corrected chi connectivity index (χ0v) is 7.84. The molecular weight excluding hydrogens is 178 g/mol. The largest absolute Gasteiger partial charge is 0.468 e. The summed E-state index contributed by atoms with van der Waals surface area (Å²) in [5.74, 6) is 0.642. The van der Waals surface area contributed by atoms with Gasteiger partial charge in [-0.1, -0.05) is 0 Å². The van der Waals surface area contributed by atoms with Crippen molar-refractivity contribution in [3.8, 4) is 0 Å². The van der Waals surface area contributed by atoms with Gasteiger partial charge in [-0.3, -0.25) is 0 Å². The van der Waals surface area contributed by atoms with E-state index >= 15 is 0 Å². The van der Waals surface area contributed by atoms with Crippen LogP contribution in [-0.4, -0.2) is 26.0 Å². The lowest BCUT2D eigenvalue weighted by atomic mass is 10.4. The van der Waals surface area contributed by atoms with Gasteiger partial charge in [-0.2, -0.15) is 4.31 Å². The molecule has 0 spiro atoms. The molecule has 0 bridgehead atoms. The molecule has 4 nitrogen and oxygen atoms in total. The van der Waals surface area contributed by atoms with Crippen LogP contribution < -0.4 is 0 Å². The predicted molar refractivity (Wildman–Crippen MR) is 45.0 cm³/mol. The van der Waals surface area contributed by atoms with E-state index < -0.39 is 10.0 Å². The minimum absolute atomic E-state index is 0.284. The first-order chi connectivity index (χ1) is 5.50. The maximum atomic E-state index is 10.9. The number of nitrogens with zero attached hydrogens (tertiary/aromatic N) is 1. The summed E-state index contributed by atoms with van der Waals surface area (Å²) in [4.78, 5) is 0. The Bertz CT molecular complexity index is 328. The SMILES string of the molecule is CN(Cc1ccco1)S(C)(=O)=O. The summed E-state index contributed by atoms with van der Waals surface area (Å²) in [6.45, 7) is 0.284.